The first-order chi connectivity index (χ1) is 13.0. The van der Waals surface area contributed by atoms with Crippen LogP contribution in [-0.4, -0.2) is 35.5 Å². The molecule has 6 N–H and O–H groups in total. The SMILES string of the molecule is NC(N)=NCCC[C@H](NC(=O)C(c1ccccc1)c1ccccc1)C(=O)O. The zero-order valence-electron chi connectivity index (χ0n) is 14.9. The molecule has 0 radical (unpaired) electrons. The second-order valence-electron chi connectivity index (χ2n) is 6.10. The number of carboxylic acids is 1. The van der Waals surface area contributed by atoms with E-state index < -0.39 is 17.9 Å². The Balaban J connectivity index is 2.16. The molecule has 0 spiro atoms. The molecule has 2 aromatic carbocycles. The van der Waals surface area contributed by atoms with Crippen LogP contribution in [0.1, 0.15) is 29.9 Å². The minimum absolute atomic E-state index is 0.0425. The van der Waals surface area contributed by atoms with Crippen molar-refractivity contribution < 1.29 is 14.7 Å². The standard InChI is InChI=1S/C20H24N4O3/c21-20(22)23-13-7-12-16(19(26)27)24-18(25)17(14-8-3-1-4-9-14)15-10-5-2-6-11-15/h1-6,8-11,16-17H,7,12-13H2,(H,24,25)(H,26,27)(H4,21,22,23)/t16-/m0/s1. The lowest BCUT2D eigenvalue weighted by atomic mass is 9.90. The Morgan fingerprint density at radius 1 is 0.963 bits per heavy atom. The Morgan fingerprint density at radius 3 is 1.93 bits per heavy atom. The van der Waals surface area contributed by atoms with Gasteiger partial charge >= 0.3 is 5.97 Å². The third-order valence-corrected chi connectivity index (χ3v) is 4.09. The fraction of sp³-hybridized carbons (Fsp3) is 0.250. The molecule has 7 nitrogen and oxygen atoms in total. The summed E-state index contributed by atoms with van der Waals surface area (Å²) in [6.45, 7) is 0.308. The number of hydrogen-bond donors (Lipinski definition) is 4. The van der Waals surface area contributed by atoms with E-state index in [0.29, 0.717) is 13.0 Å². The summed E-state index contributed by atoms with van der Waals surface area (Å²) in [5.74, 6) is -2.08. The van der Waals surface area contributed by atoms with E-state index in [2.05, 4.69) is 10.3 Å². The zero-order chi connectivity index (χ0) is 19.6. The van der Waals surface area contributed by atoms with E-state index in [1.807, 2.05) is 60.7 Å². The molecule has 142 valence electrons. The van der Waals surface area contributed by atoms with E-state index in [0.717, 1.165) is 11.1 Å². The van der Waals surface area contributed by atoms with E-state index >= 15 is 0 Å². The molecule has 1 atom stereocenters. The molecule has 0 aliphatic heterocycles. The lowest BCUT2D eigenvalue weighted by Gasteiger charge is -2.21. The van der Waals surface area contributed by atoms with Crippen LogP contribution in [0.4, 0.5) is 0 Å². The highest BCUT2D eigenvalue weighted by molar-refractivity contribution is 5.90. The first-order valence-electron chi connectivity index (χ1n) is 8.67. The van der Waals surface area contributed by atoms with Crippen molar-refractivity contribution in [1.82, 2.24) is 5.32 Å². The Kier molecular flexibility index (Phi) is 7.37. The molecular formula is C20H24N4O3. The number of amides is 1. The number of aliphatic imine (C=N–C) groups is 1. The van der Waals surface area contributed by atoms with Crippen molar-refractivity contribution in [3.63, 3.8) is 0 Å². The van der Waals surface area contributed by atoms with Gasteiger partial charge in [-0.15, -0.1) is 0 Å². The first-order valence-corrected chi connectivity index (χ1v) is 8.67. The summed E-state index contributed by atoms with van der Waals surface area (Å²) in [5.41, 5.74) is 12.1. The predicted molar refractivity (Wildman–Crippen MR) is 104 cm³/mol. The summed E-state index contributed by atoms with van der Waals surface area (Å²) in [4.78, 5) is 28.3. The Labute approximate surface area is 158 Å². The van der Waals surface area contributed by atoms with Gasteiger partial charge in [0, 0.05) is 6.54 Å². The van der Waals surface area contributed by atoms with Gasteiger partial charge in [-0.05, 0) is 24.0 Å². The molecule has 0 unspecified atom stereocenters. The Bertz CT molecular complexity index is 735. The largest absolute Gasteiger partial charge is 0.480 e. The van der Waals surface area contributed by atoms with Crippen LogP contribution in [0.5, 0.6) is 0 Å². The quantitative estimate of drug-likeness (QED) is 0.302. The fourth-order valence-electron chi connectivity index (χ4n) is 2.80. The molecule has 1 amide bonds. The van der Waals surface area contributed by atoms with Crippen molar-refractivity contribution in [2.75, 3.05) is 6.54 Å². The van der Waals surface area contributed by atoms with Crippen molar-refractivity contribution in [2.45, 2.75) is 24.8 Å². The number of nitrogens with two attached hydrogens (primary N) is 2. The van der Waals surface area contributed by atoms with Gasteiger partial charge in [0.2, 0.25) is 5.91 Å². The van der Waals surface area contributed by atoms with Crippen LogP contribution < -0.4 is 16.8 Å². The summed E-state index contributed by atoms with van der Waals surface area (Å²) >= 11 is 0. The number of carboxylic acid groups (broad SMARTS) is 1. The van der Waals surface area contributed by atoms with Gasteiger partial charge in [0.25, 0.3) is 0 Å². The van der Waals surface area contributed by atoms with Gasteiger partial charge in [0.05, 0.1) is 5.92 Å². The van der Waals surface area contributed by atoms with Gasteiger partial charge in [0.1, 0.15) is 6.04 Å². The molecule has 0 heterocycles. The number of guanidine groups is 1. The molecule has 2 aromatic rings. The van der Waals surface area contributed by atoms with E-state index in [9.17, 15) is 14.7 Å². The highest BCUT2D eigenvalue weighted by Crippen LogP contribution is 2.25. The molecule has 0 bridgehead atoms. The summed E-state index contributed by atoms with van der Waals surface area (Å²) in [6, 6.07) is 17.5. The summed E-state index contributed by atoms with van der Waals surface area (Å²) in [6.07, 6.45) is 0.671. The molecule has 27 heavy (non-hydrogen) atoms. The van der Waals surface area contributed by atoms with Crippen molar-refractivity contribution in [2.24, 2.45) is 16.5 Å². The maximum absolute atomic E-state index is 13.0. The average molecular weight is 368 g/mol. The van der Waals surface area contributed by atoms with Crippen LogP contribution in [-0.2, 0) is 9.59 Å². The molecule has 0 fully saturated rings. The van der Waals surface area contributed by atoms with Gasteiger partial charge in [-0.1, -0.05) is 60.7 Å². The minimum atomic E-state index is -1.09. The van der Waals surface area contributed by atoms with Crippen LogP contribution in [0.3, 0.4) is 0 Å². The van der Waals surface area contributed by atoms with E-state index in [1.54, 1.807) is 0 Å². The lowest BCUT2D eigenvalue weighted by molar-refractivity contribution is -0.142. The highest BCUT2D eigenvalue weighted by atomic mass is 16.4. The third kappa shape index (κ3) is 6.14. The van der Waals surface area contributed by atoms with Gasteiger partial charge in [-0.25, -0.2) is 4.79 Å². The number of nitrogens with one attached hydrogen (secondary N) is 1. The van der Waals surface area contributed by atoms with E-state index in [4.69, 9.17) is 11.5 Å². The van der Waals surface area contributed by atoms with Gasteiger partial charge < -0.3 is 21.9 Å². The zero-order valence-corrected chi connectivity index (χ0v) is 14.9. The maximum Gasteiger partial charge on any atom is 0.326 e. The number of carbonyl (C=O) groups is 2. The van der Waals surface area contributed by atoms with Crippen LogP contribution in [0.15, 0.2) is 65.7 Å². The van der Waals surface area contributed by atoms with Crippen LogP contribution in [0.25, 0.3) is 0 Å². The topological polar surface area (TPSA) is 131 Å². The molecule has 0 aliphatic rings. The van der Waals surface area contributed by atoms with Gasteiger partial charge in [-0.3, -0.25) is 9.79 Å². The van der Waals surface area contributed by atoms with Crippen LogP contribution in [0.2, 0.25) is 0 Å². The minimum Gasteiger partial charge on any atom is -0.480 e. The first kappa shape index (κ1) is 20.0. The normalized spacial score (nSPS) is 11.6. The Morgan fingerprint density at radius 2 is 1.48 bits per heavy atom. The van der Waals surface area contributed by atoms with Crippen molar-refractivity contribution >= 4 is 17.8 Å². The predicted octanol–water partition coefficient (Wildman–Crippen LogP) is 1.44. The van der Waals surface area contributed by atoms with Crippen LogP contribution >= 0.6 is 0 Å². The molecule has 2 rings (SSSR count). The molecular weight excluding hydrogens is 344 g/mol. The number of benzene rings is 2. The summed E-state index contributed by atoms with van der Waals surface area (Å²) in [5, 5.41) is 12.1. The number of aliphatic carboxylic acids is 1. The maximum atomic E-state index is 13.0. The van der Waals surface area contributed by atoms with Gasteiger partial charge in [-0.2, -0.15) is 0 Å². The summed E-state index contributed by atoms with van der Waals surface area (Å²) < 4.78 is 0. The molecule has 0 saturated carbocycles. The molecule has 0 aromatic heterocycles. The second kappa shape index (κ2) is 9.96. The van der Waals surface area contributed by atoms with Crippen molar-refractivity contribution in [1.29, 1.82) is 0 Å². The lowest BCUT2D eigenvalue weighted by Crippen LogP contribution is -2.43. The third-order valence-electron chi connectivity index (χ3n) is 4.09. The number of hydrogen-bond acceptors (Lipinski definition) is 3. The van der Waals surface area contributed by atoms with E-state index in [1.165, 1.54) is 0 Å². The average Bonchev–Trinajstić information content (AvgIpc) is 2.66. The number of carbonyl (C=O) groups excluding carboxylic acids is 1. The molecule has 0 saturated heterocycles. The second-order valence-corrected chi connectivity index (χ2v) is 6.10. The van der Waals surface area contributed by atoms with Crippen molar-refractivity contribution in [3.8, 4) is 0 Å². The number of nitrogens with zero attached hydrogens (tertiary/aromatic N) is 1. The summed E-state index contributed by atoms with van der Waals surface area (Å²) in [7, 11) is 0. The fourth-order valence-corrected chi connectivity index (χ4v) is 2.80. The van der Waals surface area contributed by atoms with E-state index in [-0.39, 0.29) is 18.3 Å². The smallest absolute Gasteiger partial charge is 0.326 e. The highest BCUT2D eigenvalue weighted by Gasteiger charge is 2.27. The molecule has 0 aliphatic carbocycles. The van der Waals surface area contributed by atoms with Crippen LogP contribution in [0, 0.1) is 0 Å². The molecule has 7 heteroatoms. The Hall–Kier alpha value is -3.35. The van der Waals surface area contributed by atoms with Crippen molar-refractivity contribution in [3.05, 3.63) is 71.8 Å². The number of rotatable bonds is 9. The monoisotopic (exact) mass is 368 g/mol. The van der Waals surface area contributed by atoms with Gasteiger partial charge in [0.15, 0.2) is 5.96 Å².